The van der Waals surface area contributed by atoms with Crippen LogP contribution in [0.25, 0.3) is 0 Å². The van der Waals surface area contributed by atoms with E-state index in [9.17, 15) is 9.90 Å². The van der Waals surface area contributed by atoms with Crippen molar-refractivity contribution in [2.45, 2.75) is 58.1 Å². The molecule has 1 fully saturated rings. The maximum absolute atomic E-state index is 12.3. The lowest BCUT2D eigenvalue weighted by Gasteiger charge is -2.26. The summed E-state index contributed by atoms with van der Waals surface area (Å²) in [6.45, 7) is 4.83. The zero-order valence-corrected chi connectivity index (χ0v) is 12.9. The Hall–Kier alpha value is -1.62. The molecule has 0 saturated heterocycles. The lowest BCUT2D eigenvalue weighted by molar-refractivity contribution is 0.0867. The number of hydrogen-bond acceptors (Lipinski definition) is 4. The average molecular weight is 291 g/mol. The number of hydrogen-bond donors (Lipinski definition) is 3. The van der Waals surface area contributed by atoms with Gasteiger partial charge in [0.25, 0.3) is 5.91 Å². The van der Waals surface area contributed by atoms with Crippen LogP contribution in [0.3, 0.4) is 0 Å². The second-order valence-corrected chi connectivity index (χ2v) is 5.79. The number of aliphatic hydroxyl groups is 1. The summed E-state index contributed by atoms with van der Waals surface area (Å²) in [5.74, 6) is 0.697. The Morgan fingerprint density at radius 2 is 2.05 bits per heavy atom. The van der Waals surface area contributed by atoms with E-state index in [0.717, 1.165) is 50.2 Å². The molecular weight excluding hydrogens is 266 g/mol. The van der Waals surface area contributed by atoms with E-state index in [1.54, 1.807) is 6.07 Å². The van der Waals surface area contributed by atoms with Crippen molar-refractivity contribution in [3.63, 3.8) is 0 Å². The van der Waals surface area contributed by atoms with Gasteiger partial charge in [0, 0.05) is 23.8 Å². The molecule has 1 aliphatic carbocycles. The molecule has 1 aromatic rings. The first-order valence-electron chi connectivity index (χ1n) is 7.80. The molecule has 3 N–H and O–H groups in total. The van der Waals surface area contributed by atoms with Crippen molar-refractivity contribution < 1.29 is 9.90 Å². The molecule has 1 heterocycles. The van der Waals surface area contributed by atoms with Gasteiger partial charge in [-0.25, -0.2) is 4.98 Å². The fourth-order valence-electron chi connectivity index (χ4n) is 2.63. The molecule has 1 amide bonds. The third-order valence-electron chi connectivity index (χ3n) is 3.80. The Labute approximate surface area is 126 Å². The van der Waals surface area contributed by atoms with Crippen molar-refractivity contribution in [1.29, 1.82) is 0 Å². The van der Waals surface area contributed by atoms with E-state index >= 15 is 0 Å². The van der Waals surface area contributed by atoms with Gasteiger partial charge < -0.3 is 15.7 Å². The lowest BCUT2D eigenvalue weighted by atomic mass is 9.93. The zero-order valence-electron chi connectivity index (χ0n) is 12.9. The zero-order chi connectivity index (χ0) is 15.2. The third kappa shape index (κ3) is 4.70. The predicted molar refractivity (Wildman–Crippen MR) is 83.5 cm³/mol. The van der Waals surface area contributed by atoms with Gasteiger partial charge in [0.05, 0.1) is 6.10 Å². The first-order valence-corrected chi connectivity index (χ1v) is 7.80. The summed E-state index contributed by atoms with van der Waals surface area (Å²) in [5.41, 5.74) is 1.48. The number of nitrogens with one attached hydrogen (secondary N) is 2. The van der Waals surface area contributed by atoms with Crippen molar-refractivity contribution in [1.82, 2.24) is 10.3 Å². The first-order chi connectivity index (χ1) is 10.1. The molecule has 0 atom stereocenters. The van der Waals surface area contributed by atoms with Gasteiger partial charge >= 0.3 is 0 Å². The molecule has 0 unspecified atom stereocenters. The van der Waals surface area contributed by atoms with Gasteiger partial charge in [0.15, 0.2) is 0 Å². The van der Waals surface area contributed by atoms with E-state index in [1.807, 2.05) is 13.0 Å². The highest BCUT2D eigenvalue weighted by Gasteiger charge is 2.21. The van der Waals surface area contributed by atoms with Crippen LogP contribution in [0.1, 0.15) is 55.1 Å². The van der Waals surface area contributed by atoms with Gasteiger partial charge in [-0.05, 0) is 51.2 Å². The second kappa shape index (κ2) is 7.41. The minimum absolute atomic E-state index is 0.0542. The highest BCUT2D eigenvalue weighted by Crippen LogP contribution is 2.19. The van der Waals surface area contributed by atoms with E-state index in [2.05, 4.69) is 22.5 Å². The summed E-state index contributed by atoms with van der Waals surface area (Å²) in [7, 11) is 0. The number of aliphatic hydroxyl groups excluding tert-OH is 1. The predicted octanol–water partition coefficient (Wildman–Crippen LogP) is 2.25. The molecule has 5 nitrogen and oxygen atoms in total. The van der Waals surface area contributed by atoms with Crippen LogP contribution in [0.2, 0.25) is 0 Å². The Morgan fingerprint density at radius 1 is 1.33 bits per heavy atom. The van der Waals surface area contributed by atoms with Crippen LogP contribution in [0, 0.1) is 6.92 Å². The number of pyridine rings is 1. The van der Waals surface area contributed by atoms with Gasteiger partial charge in [0.1, 0.15) is 5.82 Å². The number of nitrogens with zero attached hydrogens (tertiary/aromatic N) is 1. The molecule has 0 aliphatic heterocycles. The number of anilines is 1. The van der Waals surface area contributed by atoms with Crippen molar-refractivity contribution in [2.24, 2.45) is 0 Å². The molecular formula is C16H25N3O2. The summed E-state index contributed by atoms with van der Waals surface area (Å²) in [6, 6.07) is 3.78. The maximum Gasteiger partial charge on any atom is 0.251 e. The fraction of sp³-hybridized carbons (Fsp3) is 0.625. The standard InChI is InChI=1S/C16H25N3O2/c1-3-8-17-15-10-12(9-11(2)18-15)16(21)19-13-4-6-14(20)7-5-13/h9-10,13-14,20H,3-8H2,1-2H3,(H,17,18)(H,19,21). The normalized spacial score (nSPS) is 21.9. The molecule has 5 heteroatoms. The number of amides is 1. The van der Waals surface area contributed by atoms with E-state index in [1.165, 1.54) is 0 Å². The molecule has 21 heavy (non-hydrogen) atoms. The summed E-state index contributed by atoms with van der Waals surface area (Å²) in [6.07, 6.45) is 4.04. The van der Waals surface area contributed by atoms with Gasteiger partial charge in [-0.1, -0.05) is 6.92 Å². The Balaban J connectivity index is 1.99. The van der Waals surface area contributed by atoms with Gasteiger partial charge in [-0.2, -0.15) is 0 Å². The number of aromatic nitrogens is 1. The molecule has 0 radical (unpaired) electrons. The average Bonchev–Trinajstić information content (AvgIpc) is 2.47. The van der Waals surface area contributed by atoms with Gasteiger partial charge in [-0.3, -0.25) is 4.79 Å². The Morgan fingerprint density at radius 3 is 2.71 bits per heavy atom. The highest BCUT2D eigenvalue weighted by molar-refractivity contribution is 5.95. The van der Waals surface area contributed by atoms with Gasteiger partial charge in [0.2, 0.25) is 0 Å². The molecule has 1 aromatic heterocycles. The van der Waals surface area contributed by atoms with Crippen LogP contribution in [-0.2, 0) is 0 Å². The first kappa shape index (κ1) is 15.8. The number of aryl methyl sites for hydroxylation is 1. The number of rotatable bonds is 5. The van der Waals surface area contributed by atoms with Crippen molar-refractivity contribution >= 4 is 11.7 Å². The third-order valence-corrected chi connectivity index (χ3v) is 3.80. The van der Waals surface area contributed by atoms with Crippen molar-refractivity contribution in [3.8, 4) is 0 Å². The van der Waals surface area contributed by atoms with Crippen LogP contribution < -0.4 is 10.6 Å². The monoisotopic (exact) mass is 291 g/mol. The largest absolute Gasteiger partial charge is 0.393 e. The highest BCUT2D eigenvalue weighted by atomic mass is 16.3. The molecule has 1 saturated carbocycles. The van der Waals surface area contributed by atoms with E-state index < -0.39 is 0 Å². The quantitative estimate of drug-likeness (QED) is 0.778. The van der Waals surface area contributed by atoms with E-state index in [-0.39, 0.29) is 18.1 Å². The summed E-state index contributed by atoms with van der Waals surface area (Å²) >= 11 is 0. The van der Waals surface area contributed by atoms with Crippen LogP contribution in [0.4, 0.5) is 5.82 Å². The minimum Gasteiger partial charge on any atom is -0.393 e. The minimum atomic E-state index is -0.203. The van der Waals surface area contributed by atoms with Crippen LogP contribution >= 0.6 is 0 Å². The SMILES string of the molecule is CCCNc1cc(C(=O)NC2CCC(O)CC2)cc(C)n1. The molecule has 1 aliphatic rings. The second-order valence-electron chi connectivity index (χ2n) is 5.79. The Bertz CT molecular complexity index is 482. The number of carbonyl (C=O) groups excluding carboxylic acids is 1. The fourth-order valence-corrected chi connectivity index (χ4v) is 2.63. The van der Waals surface area contributed by atoms with Crippen LogP contribution in [0.15, 0.2) is 12.1 Å². The molecule has 0 spiro atoms. The summed E-state index contributed by atoms with van der Waals surface area (Å²) in [5, 5.41) is 15.8. The Kier molecular flexibility index (Phi) is 5.56. The van der Waals surface area contributed by atoms with Crippen LogP contribution in [0.5, 0.6) is 0 Å². The van der Waals surface area contributed by atoms with Crippen LogP contribution in [-0.4, -0.2) is 34.7 Å². The summed E-state index contributed by atoms with van der Waals surface area (Å²) in [4.78, 5) is 16.7. The maximum atomic E-state index is 12.3. The smallest absolute Gasteiger partial charge is 0.251 e. The summed E-state index contributed by atoms with van der Waals surface area (Å²) < 4.78 is 0. The lowest BCUT2D eigenvalue weighted by Crippen LogP contribution is -2.38. The molecule has 2 rings (SSSR count). The molecule has 0 aromatic carbocycles. The van der Waals surface area contributed by atoms with E-state index in [4.69, 9.17) is 0 Å². The number of carbonyl (C=O) groups is 1. The molecule has 0 bridgehead atoms. The molecule has 116 valence electrons. The van der Waals surface area contributed by atoms with Gasteiger partial charge in [-0.15, -0.1) is 0 Å². The van der Waals surface area contributed by atoms with Crippen molar-refractivity contribution in [2.75, 3.05) is 11.9 Å². The topological polar surface area (TPSA) is 74.2 Å². The van der Waals surface area contributed by atoms with Crippen molar-refractivity contribution in [3.05, 3.63) is 23.4 Å². The van der Waals surface area contributed by atoms with E-state index in [0.29, 0.717) is 5.56 Å².